The Morgan fingerprint density at radius 2 is 1.91 bits per heavy atom. The van der Waals surface area contributed by atoms with Gasteiger partial charge in [0.15, 0.2) is 0 Å². The third-order valence-corrected chi connectivity index (χ3v) is 6.36. The smallest absolute Gasteiger partial charge is 0.250 e. The van der Waals surface area contributed by atoms with E-state index in [4.69, 9.17) is 0 Å². The molecule has 1 N–H and O–H groups in total. The summed E-state index contributed by atoms with van der Waals surface area (Å²) >= 11 is 0. The highest BCUT2D eigenvalue weighted by Gasteiger charge is 2.47. The number of benzene rings is 1. The summed E-state index contributed by atoms with van der Waals surface area (Å²) in [6.45, 7) is 3.94. The predicted molar refractivity (Wildman–Crippen MR) is 122 cm³/mol. The maximum Gasteiger partial charge on any atom is 0.250 e. The van der Waals surface area contributed by atoms with Crippen molar-refractivity contribution in [2.45, 2.75) is 64.1 Å². The lowest BCUT2D eigenvalue weighted by molar-refractivity contribution is -0.146. The lowest BCUT2D eigenvalue weighted by Crippen LogP contribution is -2.61. The van der Waals surface area contributed by atoms with E-state index in [1.165, 1.54) is 0 Å². The fourth-order valence-electron chi connectivity index (χ4n) is 4.67. The Bertz CT molecular complexity index is 992. The number of nitrogens with one attached hydrogen (secondary N) is 1. The summed E-state index contributed by atoms with van der Waals surface area (Å²) in [6.07, 6.45) is 9.64. The van der Waals surface area contributed by atoms with Crippen LogP contribution in [0.15, 0.2) is 59.2 Å². The van der Waals surface area contributed by atoms with Crippen molar-refractivity contribution in [2.24, 2.45) is 4.99 Å². The van der Waals surface area contributed by atoms with E-state index in [9.17, 15) is 14.4 Å². The number of nitrogens with zero attached hydrogens (tertiary/aromatic N) is 3. The summed E-state index contributed by atoms with van der Waals surface area (Å²) in [5.74, 6) is -0.299. The van der Waals surface area contributed by atoms with Gasteiger partial charge < -0.3 is 15.1 Å². The molecule has 3 aliphatic rings. The molecule has 0 bridgehead atoms. The number of aliphatic imine (C=N–C) groups is 1. The molecule has 1 aliphatic carbocycles. The fourth-order valence-corrected chi connectivity index (χ4v) is 4.67. The van der Waals surface area contributed by atoms with Crippen LogP contribution in [0.5, 0.6) is 0 Å². The van der Waals surface area contributed by atoms with E-state index >= 15 is 0 Å². The largest absolute Gasteiger partial charge is 0.352 e. The molecule has 2 heterocycles. The fraction of sp³-hybridized carbons (Fsp3) is 0.440. The first-order chi connectivity index (χ1) is 15.3. The number of amides is 3. The van der Waals surface area contributed by atoms with Crippen LogP contribution < -0.4 is 5.32 Å². The molecule has 0 spiro atoms. The maximum absolute atomic E-state index is 13.9. The van der Waals surface area contributed by atoms with Crippen LogP contribution in [0.3, 0.4) is 0 Å². The number of allylic oxidation sites excluding steroid dienone is 2. The second-order valence-corrected chi connectivity index (χ2v) is 9.09. The number of fused-ring (bicyclic) bond motifs is 1. The molecule has 1 aromatic rings. The lowest BCUT2D eigenvalue weighted by Gasteiger charge is -2.44. The highest BCUT2D eigenvalue weighted by Crippen LogP contribution is 2.31. The first-order valence-corrected chi connectivity index (χ1v) is 11.3. The predicted octanol–water partition coefficient (Wildman–Crippen LogP) is 2.94. The lowest BCUT2D eigenvalue weighted by atomic mass is 9.89. The molecule has 0 radical (unpaired) electrons. The molecule has 1 saturated carbocycles. The van der Waals surface area contributed by atoms with Crippen molar-refractivity contribution in [3.8, 4) is 0 Å². The molecule has 0 saturated heterocycles. The van der Waals surface area contributed by atoms with Crippen LogP contribution in [0.4, 0.5) is 0 Å². The van der Waals surface area contributed by atoms with Crippen LogP contribution >= 0.6 is 0 Å². The van der Waals surface area contributed by atoms with Gasteiger partial charge in [-0.2, -0.15) is 4.99 Å². The molecule has 1 fully saturated rings. The van der Waals surface area contributed by atoms with Crippen LogP contribution in [0, 0.1) is 0 Å². The van der Waals surface area contributed by atoms with Gasteiger partial charge in [-0.1, -0.05) is 49.2 Å². The summed E-state index contributed by atoms with van der Waals surface area (Å²) in [5, 5.41) is 3.08. The summed E-state index contributed by atoms with van der Waals surface area (Å²) < 4.78 is 0. The number of hydrogen-bond acceptors (Lipinski definition) is 4. The molecule has 0 unspecified atom stereocenters. The normalized spacial score (nSPS) is 22.8. The van der Waals surface area contributed by atoms with Crippen molar-refractivity contribution >= 4 is 23.6 Å². The van der Waals surface area contributed by atoms with E-state index in [-0.39, 0.29) is 36.7 Å². The Hall–Kier alpha value is -3.22. The van der Waals surface area contributed by atoms with E-state index < -0.39 is 5.54 Å². The average molecular weight is 435 g/mol. The first kappa shape index (κ1) is 22.0. The molecular weight excluding hydrogens is 404 g/mol. The van der Waals surface area contributed by atoms with Gasteiger partial charge in [0, 0.05) is 18.8 Å². The minimum Gasteiger partial charge on any atom is -0.352 e. The SMILES string of the molecule is CC1=CN2C(=NC(=O)C[C@@]2(C)C(=O)N(CC(=O)NC2CCCC2)Cc2ccccc2)C=C1. The minimum atomic E-state index is -1.15. The molecule has 0 aromatic heterocycles. The second kappa shape index (κ2) is 9.10. The summed E-state index contributed by atoms with van der Waals surface area (Å²) in [5.41, 5.74) is 0.744. The minimum absolute atomic E-state index is 0.0392. The van der Waals surface area contributed by atoms with Gasteiger partial charge in [0.2, 0.25) is 11.8 Å². The van der Waals surface area contributed by atoms with Crippen LogP contribution in [0.2, 0.25) is 0 Å². The molecule has 1 atom stereocenters. The van der Waals surface area contributed by atoms with Gasteiger partial charge in [-0.05, 0) is 43.9 Å². The van der Waals surface area contributed by atoms with Gasteiger partial charge >= 0.3 is 0 Å². The van der Waals surface area contributed by atoms with Gasteiger partial charge in [0.1, 0.15) is 11.4 Å². The number of carbonyl (C=O) groups is 3. The molecule has 3 amide bonds. The highest BCUT2D eigenvalue weighted by molar-refractivity contribution is 6.10. The van der Waals surface area contributed by atoms with Crippen molar-refractivity contribution in [2.75, 3.05) is 6.54 Å². The number of hydrogen-bond donors (Lipinski definition) is 1. The molecule has 7 heteroatoms. The van der Waals surface area contributed by atoms with Crippen LogP contribution in [0.1, 0.15) is 51.5 Å². The second-order valence-electron chi connectivity index (χ2n) is 9.09. The average Bonchev–Trinajstić information content (AvgIpc) is 3.27. The zero-order valence-corrected chi connectivity index (χ0v) is 18.7. The molecule has 7 nitrogen and oxygen atoms in total. The topological polar surface area (TPSA) is 82.1 Å². The first-order valence-electron chi connectivity index (χ1n) is 11.3. The molecule has 2 aliphatic heterocycles. The van der Waals surface area contributed by atoms with E-state index in [0.29, 0.717) is 12.4 Å². The third kappa shape index (κ3) is 4.66. The Labute approximate surface area is 188 Å². The monoisotopic (exact) mass is 434 g/mol. The summed E-state index contributed by atoms with van der Waals surface area (Å²) in [7, 11) is 0. The number of amidine groups is 1. The van der Waals surface area contributed by atoms with Crippen molar-refractivity contribution < 1.29 is 14.4 Å². The number of rotatable bonds is 6. The Morgan fingerprint density at radius 1 is 1.19 bits per heavy atom. The standard InChI is InChI=1S/C25H30N4O3/c1-18-12-13-21-27-22(30)14-25(2,29(21)15-18)24(32)28(16-19-8-4-3-5-9-19)17-23(31)26-20-10-6-7-11-20/h3-5,8-9,12-13,15,20H,6-7,10-11,14,16-17H2,1-2H3,(H,26,31)/t25-/m0/s1. The van der Waals surface area contributed by atoms with Gasteiger partial charge in [-0.3, -0.25) is 14.4 Å². The molecule has 4 rings (SSSR count). The van der Waals surface area contributed by atoms with Crippen LogP contribution in [0.25, 0.3) is 0 Å². The Balaban J connectivity index is 1.60. The van der Waals surface area contributed by atoms with E-state index in [2.05, 4.69) is 10.3 Å². The summed E-state index contributed by atoms with van der Waals surface area (Å²) in [6, 6.07) is 9.79. The van der Waals surface area contributed by atoms with Crippen molar-refractivity contribution in [1.82, 2.24) is 15.1 Å². The highest BCUT2D eigenvalue weighted by atomic mass is 16.2. The summed E-state index contributed by atoms with van der Waals surface area (Å²) in [4.78, 5) is 46.7. The molecule has 1 aromatic carbocycles. The number of carbonyl (C=O) groups excluding carboxylic acids is 3. The Morgan fingerprint density at radius 3 is 2.62 bits per heavy atom. The van der Waals surface area contributed by atoms with Crippen molar-refractivity contribution in [1.29, 1.82) is 0 Å². The maximum atomic E-state index is 13.9. The quantitative estimate of drug-likeness (QED) is 0.746. The van der Waals surface area contributed by atoms with Crippen molar-refractivity contribution in [3.63, 3.8) is 0 Å². The molecular formula is C25H30N4O3. The zero-order chi connectivity index (χ0) is 22.7. The molecule has 168 valence electrons. The van der Waals surface area contributed by atoms with Crippen LogP contribution in [-0.2, 0) is 20.9 Å². The van der Waals surface area contributed by atoms with E-state index in [1.54, 1.807) is 22.8 Å². The van der Waals surface area contributed by atoms with Crippen LogP contribution in [-0.4, -0.2) is 51.5 Å². The van der Waals surface area contributed by atoms with Gasteiger partial charge in [0.05, 0.1) is 13.0 Å². The van der Waals surface area contributed by atoms with Gasteiger partial charge in [-0.25, -0.2) is 0 Å². The van der Waals surface area contributed by atoms with E-state index in [0.717, 1.165) is 36.8 Å². The Kier molecular flexibility index (Phi) is 6.26. The van der Waals surface area contributed by atoms with Crippen molar-refractivity contribution in [3.05, 3.63) is 59.8 Å². The van der Waals surface area contributed by atoms with Gasteiger partial charge in [0.25, 0.3) is 5.91 Å². The third-order valence-electron chi connectivity index (χ3n) is 6.36. The van der Waals surface area contributed by atoms with E-state index in [1.807, 2.05) is 49.5 Å². The zero-order valence-electron chi connectivity index (χ0n) is 18.7. The molecule has 32 heavy (non-hydrogen) atoms. The van der Waals surface area contributed by atoms with Gasteiger partial charge in [-0.15, -0.1) is 0 Å².